The molecule has 0 atom stereocenters. The van der Waals surface area contributed by atoms with Crippen molar-refractivity contribution in [2.75, 3.05) is 33.4 Å². The summed E-state index contributed by atoms with van der Waals surface area (Å²) in [5.41, 5.74) is 0.263. The lowest BCUT2D eigenvalue weighted by atomic mass is 10.1. The molecule has 0 radical (unpaired) electrons. The monoisotopic (exact) mass is 330 g/mol. The molecule has 1 fully saturated rings. The summed E-state index contributed by atoms with van der Waals surface area (Å²) in [5, 5.41) is 1.30. The van der Waals surface area contributed by atoms with E-state index < -0.39 is 0 Å². The third-order valence-electron chi connectivity index (χ3n) is 4.29. The highest BCUT2D eigenvalue weighted by atomic mass is 16.5. The van der Waals surface area contributed by atoms with E-state index in [4.69, 9.17) is 9.47 Å². The Morgan fingerprint density at radius 1 is 1.21 bits per heavy atom. The van der Waals surface area contributed by atoms with Crippen LogP contribution in [-0.4, -0.2) is 48.8 Å². The van der Waals surface area contributed by atoms with E-state index in [2.05, 4.69) is 0 Å². The number of carbonyl (C=O) groups excluding carboxylic acids is 1. The molecule has 2 aromatic rings. The Kier molecular flexibility index (Phi) is 4.57. The van der Waals surface area contributed by atoms with Crippen LogP contribution in [0, 0.1) is 0 Å². The Morgan fingerprint density at radius 2 is 1.92 bits per heavy atom. The van der Waals surface area contributed by atoms with Crippen molar-refractivity contribution in [1.29, 1.82) is 0 Å². The zero-order valence-electron chi connectivity index (χ0n) is 14.2. The highest BCUT2D eigenvalue weighted by Gasteiger charge is 2.24. The summed E-state index contributed by atoms with van der Waals surface area (Å²) in [4.78, 5) is 27.6. The van der Waals surface area contributed by atoms with Gasteiger partial charge in [-0.25, -0.2) is 0 Å². The molecule has 1 aliphatic rings. The summed E-state index contributed by atoms with van der Waals surface area (Å²) in [6, 6.07) is 6.98. The van der Waals surface area contributed by atoms with Crippen LogP contribution in [0.15, 0.2) is 29.1 Å². The lowest BCUT2D eigenvalue weighted by Gasteiger charge is -2.28. The van der Waals surface area contributed by atoms with Crippen LogP contribution in [0.1, 0.15) is 30.4 Å². The molecule has 24 heavy (non-hydrogen) atoms. The van der Waals surface area contributed by atoms with Crippen molar-refractivity contribution in [3.05, 3.63) is 40.3 Å². The van der Waals surface area contributed by atoms with Gasteiger partial charge in [-0.3, -0.25) is 9.59 Å². The fourth-order valence-electron chi connectivity index (χ4n) is 3.04. The zero-order valence-corrected chi connectivity index (χ0v) is 14.2. The van der Waals surface area contributed by atoms with Crippen LogP contribution in [-0.2, 0) is 4.74 Å². The van der Waals surface area contributed by atoms with Gasteiger partial charge in [-0.05, 0) is 43.5 Å². The summed E-state index contributed by atoms with van der Waals surface area (Å²) in [5.74, 6) is 0.530. The second-order valence-corrected chi connectivity index (χ2v) is 6.16. The zero-order chi connectivity index (χ0) is 17.3. The van der Waals surface area contributed by atoms with E-state index in [1.54, 1.807) is 40.8 Å². The van der Waals surface area contributed by atoms with Crippen molar-refractivity contribution in [3.8, 4) is 5.75 Å². The minimum atomic E-state index is -0.151. The van der Waals surface area contributed by atoms with E-state index in [0.717, 1.165) is 0 Å². The van der Waals surface area contributed by atoms with Crippen molar-refractivity contribution in [2.24, 2.45) is 0 Å². The summed E-state index contributed by atoms with van der Waals surface area (Å²) in [6.07, 6.45) is 0. The SMILES string of the molecule is COc1ccc2c(=O)n(C(C)C)c(C(=O)N3CCOCC3)cc2c1. The minimum Gasteiger partial charge on any atom is -0.497 e. The van der Waals surface area contributed by atoms with Crippen molar-refractivity contribution < 1.29 is 14.3 Å². The molecule has 0 saturated carbocycles. The molecule has 1 amide bonds. The molecular formula is C18H22N2O4. The Labute approximate surface area is 140 Å². The van der Waals surface area contributed by atoms with E-state index in [9.17, 15) is 9.59 Å². The number of amides is 1. The fraction of sp³-hybridized carbons (Fsp3) is 0.444. The predicted molar refractivity (Wildman–Crippen MR) is 91.9 cm³/mol. The lowest BCUT2D eigenvalue weighted by Crippen LogP contribution is -2.43. The molecule has 0 N–H and O–H groups in total. The first-order valence-corrected chi connectivity index (χ1v) is 8.13. The number of carbonyl (C=O) groups is 1. The standard InChI is InChI=1S/C18H22N2O4/c1-12(2)20-16(18(22)19-6-8-24-9-7-19)11-13-10-14(23-3)4-5-15(13)17(20)21/h4-5,10-12H,6-9H2,1-3H3. The Morgan fingerprint density at radius 3 is 2.54 bits per heavy atom. The summed E-state index contributed by atoms with van der Waals surface area (Å²) < 4.78 is 12.1. The first kappa shape index (κ1) is 16.5. The Bertz CT molecular complexity index is 820. The first-order valence-electron chi connectivity index (χ1n) is 8.13. The molecule has 1 aromatic carbocycles. The largest absolute Gasteiger partial charge is 0.497 e. The molecule has 0 spiro atoms. The molecule has 0 aliphatic carbocycles. The lowest BCUT2D eigenvalue weighted by molar-refractivity contribution is 0.0294. The van der Waals surface area contributed by atoms with Gasteiger partial charge < -0.3 is 18.9 Å². The van der Waals surface area contributed by atoms with Crippen molar-refractivity contribution in [1.82, 2.24) is 9.47 Å². The molecule has 128 valence electrons. The Balaban J connectivity index is 2.18. The number of methoxy groups -OCH3 is 1. The number of rotatable bonds is 3. The number of ether oxygens (including phenoxy) is 2. The highest BCUT2D eigenvalue weighted by molar-refractivity contribution is 5.97. The summed E-state index contributed by atoms with van der Waals surface area (Å²) >= 11 is 0. The van der Waals surface area contributed by atoms with Crippen LogP contribution in [0.2, 0.25) is 0 Å². The molecule has 2 heterocycles. The van der Waals surface area contributed by atoms with Crippen LogP contribution in [0.4, 0.5) is 0 Å². The molecule has 6 heteroatoms. The highest BCUT2D eigenvalue weighted by Crippen LogP contribution is 2.22. The second kappa shape index (κ2) is 6.65. The summed E-state index contributed by atoms with van der Waals surface area (Å²) in [7, 11) is 1.58. The van der Waals surface area contributed by atoms with Crippen LogP contribution in [0.3, 0.4) is 0 Å². The normalized spacial score (nSPS) is 15.1. The average molecular weight is 330 g/mol. The average Bonchev–Trinajstić information content (AvgIpc) is 2.60. The molecule has 6 nitrogen and oxygen atoms in total. The van der Waals surface area contributed by atoms with E-state index in [1.165, 1.54) is 0 Å². The van der Waals surface area contributed by atoms with E-state index in [-0.39, 0.29) is 17.5 Å². The van der Waals surface area contributed by atoms with Crippen LogP contribution in [0.5, 0.6) is 5.75 Å². The number of fused-ring (bicyclic) bond motifs is 1. The molecule has 0 unspecified atom stereocenters. The fourth-order valence-corrected chi connectivity index (χ4v) is 3.04. The smallest absolute Gasteiger partial charge is 0.270 e. The Hall–Kier alpha value is -2.34. The first-order chi connectivity index (χ1) is 11.5. The van der Waals surface area contributed by atoms with Gasteiger partial charge in [-0.2, -0.15) is 0 Å². The third-order valence-corrected chi connectivity index (χ3v) is 4.29. The third kappa shape index (κ3) is 2.89. The maximum Gasteiger partial charge on any atom is 0.270 e. The second-order valence-electron chi connectivity index (χ2n) is 6.16. The van der Waals surface area contributed by atoms with Gasteiger partial charge >= 0.3 is 0 Å². The van der Waals surface area contributed by atoms with E-state index >= 15 is 0 Å². The van der Waals surface area contributed by atoms with E-state index in [0.29, 0.717) is 48.5 Å². The number of pyridine rings is 1. The van der Waals surface area contributed by atoms with E-state index in [1.807, 2.05) is 13.8 Å². The molecule has 1 aliphatic heterocycles. The number of benzene rings is 1. The summed E-state index contributed by atoms with van der Waals surface area (Å²) in [6.45, 7) is 5.96. The predicted octanol–water partition coefficient (Wildman–Crippen LogP) is 2.06. The number of hydrogen-bond acceptors (Lipinski definition) is 4. The quantitative estimate of drug-likeness (QED) is 0.864. The van der Waals surface area contributed by atoms with Gasteiger partial charge in [0.05, 0.1) is 20.3 Å². The maximum atomic E-state index is 13.0. The number of morpholine rings is 1. The van der Waals surface area contributed by atoms with Gasteiger partial charge in [0, 0.05) is 24.5 Å². The molecule has 1 aromatic heterocycles. The van der Waals surface area contributed by atoms with Gasteiger partial charge in [0.15, 0.2) is 0 Å². The van der Waals surface area contributed by atoms with Crippen molar-refractivity contribution in [2.45, 2.75) is 19.9 Å². The maximum absolute atomic E-state index is 13.0. The molecular weight excluding hydrogens is 308 g/mol. The topological polar surface area (TPSA) is 60.8 Å². The number of aromatic nitrogens is 1. The van der Waals surface area contributed by atoms with Gasteiger partial charge in [-0.1, -0.05) is 0 Å². The van der Waals surface area contributed by atoms with Gasteiger partial charge in [0.25, 0.3) is 11.5 Å². The molecule has 3 rings (SSSR count). The van der Waals surface area contributed by atoms with Crippen LogP contribution in [0.25, 0.3) is 10.8 Å². The number of nitrogens with zero attached hydrogens (tertiary/aromatic N) is 2. The molecule has 1 saturated heterocycles. The minimum absolute atomic E-state index is 0.107. The van der Waals surface area contributed by atoms with Crippen molar-refractivity contribution >= 4 is 16.7 Å². The van der Waals surface area contributed by atoms with Crippen LogP contribution >= 0.6 is 0 Å². The van der Waals surface area contributed by atoms with Crippen LogP contribution < -0.4 is 10.3 Å². The van der Waals surface area contributed by atoms with Crippen molar-refractivity contribution in [3.63, 3.8) is 0 Å². The molecule has 0 bridgehead atoms. The van der Waals surface area contributed by atoms with Gasteiger partial charge in [0.2, 0.25) is 0 Å². The van der Waals surface area contributed by atoms with Gasteiger partial charge in [-0.15, -0.1) is 0 Å². The van der Waals surface area contributed by atoms with Gasteiger partial charge in [0.1, 0.15) is 11.4 Å². The number of hydrogen-bond donors (Lipinski definition) is 0.